The van der Waals surface area contributed by atoms with Gasteiger partial charge in [-0.15, -0.1) is 0 Å². The van der Waals surface area contributed by atoms with Gasteiger partial charge in [0.25, 0.3) is 0 Å². The second kappa shape index (κ2) is 6.95. The Morgan fingerprint density at radius 3 is 2.75 bits per heavy atom. The van der Waals surface area contributed by atoms with Crippen LogP contribution < -0.4 is 10.1 Å². The van der Waals surface area contributed by atoms with Crippen molar-refractivity contribution in [3.05, 3.63) is 51.9 Å². The molecule has 0 amide bonds. The van der Waals surface area contributed by atoms with Gasteiger partial charge in [-0.3, -0.25) is 0 Å². The summed E-state index contributed by atoms with van der Waals surface area (Å²) < 4.78 is 11.8. The first-order valence-corrected chi connectivity index (χ1v) is 7.54. The summed E-state index contributed by atoms with van der Waals surface area (Å²) in [5, 5.41) is 3.50. The zero-order valence-corrected chi connectivity index (χ0v) is 13.7. The number of halogens is 1. The molecule has 4 heteroatoms. The Bertz CT molecular complexity index is 565. The minimum Gasteiger partial charge on any atom is -0.497 e. The van der Waals surface area contributed by atoms with Crippen molar-refractivity contribution in [3.8, 4) is 5.75 Å². The quantitative estimate of drug-likeness (QED) is 0.855. The van der Waals surface area contributed by atoms with Crippen LogP contribution in [0.15, 0.2) is 39.4 Å². The Morgan fingerprint density at radius 1 is 1.35 bits per heavy atom. The molecule has 0 radical (unpaired) electrons. The molecule has 20 heavy (non-hydrogen) atoms. The Hall–Kier alpha value is -1.26. The van der Waals surface area contributed by atoms with Gasteiger partial charge in [-0.2, -0.15) is 0 Å². The number of hydrogen-bond donors (Lipinski definition) is 1. The lowest BCUT2D eigenvalue weighted by molar-refractivity contribution is 0.413. The molecule has 1 N–H and O–H groups in total. The minimum absolute atomic E-state index is 0.237. The first-order chi connectivity index (χ1) is 9.63. The van der Waals surface area contributed by atoms with E-state index in [1.165, 1.54) is 11.1 Å². The van der Waals surface area contributed by atoms with E-state index in [2.05, 4.69) is 40.3 Å². The molecule has 2 aromatic rings. The number of likely N-dealkylation sites (N-methyl/N-ethyl adjacent to an activating group) is 1. The molecule has 0 bridgehead atoms. The van der Waals surface area contributed by atoms with Gasteiger partial charge in [0.2, 0.25) is 0 Å². The third-order valence-electron chi connectivity index (χ3n) is 3.28. The third kappa shape index (κ3) is 3.64. The number of aryl methyl sites for hydroxylation is 1. The average molecular weight is 338 g/mol. The van der Waals surface area contributed by atoms with Gasteiger partial charge >= 0.3 is 0 Å². The summed E-state index contributed by atoms with van der Waals surface area (Å²) in [4.78, 5) is 0. The van der Waals surface area contributed by atoms with Crippen LogP contribution in [0.5, 0.6) is 5.75 Å². The molecule has 1 atom stereocenters. The zero-order valence-electron chi connectivity index (χ0n) is 12.1. The molecule has 0 aliphatic rings. The van der Waals surface area contributed by atoms with Crippen LogP contribution >= 0.6 is 15.9 Å². The first kappa shape index (κ1) is 15.1. The highest BCUT2D eigenvalue weighted by molar-refractivity contribution is 9.10. The van der Waals surface area contributed by atoms with E-state index in [0.717, 1.165) is 28.9 Å². The zero-order chi connectivity index (χ0) is 14.5. The SMILES string of the molecule is CCNC(Cc1cc(OC)ccc1Br)c1coc(C)c1. The second-order valence-electron chi connectivity index (χ2n) is 4.76. The highest BCUT2D eigenvalue weighted by Crippen LogP contribution is 2.28. The maximum atomic E-state index is 5.43. The van der Waals surface area contributed by atoms with Gasteiger partial charge in [0.05, 0.1) is 13.4 Å². The molecule has 0 spiro atoms. The lowest BCUT2D eigenvalue weighted by Gasteiger charge is -2.17. The Morgan fingerprint density at radius 2 is 2.15 bits per heavy atom. The van der Waals surface area contributed by atoms with Crippen LogP contribution in [0.3, 0.4) is 0 Å². The number of methoxy groups -OCH3 is 1. The molecular weight excluding hydrogens is 318 g/mol. The second-order valence-corrected chi connectivity index (χ2v) is 5.62. The predicted molar refractivity (Wildman–Crippen MR) is 84.3 cm³/mol. The van der Waals surface area contributed by atoms with Crippen LogP contribution in [0.4, 0.5) is 0 Å². The summed E-state index contributed by atoms with van der Waals surface area (Å²) in [6.07, 6.45) is 2.71. The Balaban J connectivity index is 2.23. The van der Waals surface area contributed by atoms with E-state index < -0.39 is 0 Å². The fraction of sp³-hybridized carbons (Fsp3) is 0.375. The monoisotopic (exact) mass is 337 g/mol. The van der Waals surface area contributed by atoms with Crippen molar-refractivity contribution in [2.45, 2.75) is 26.3 Å². The largest absolute Gasteiger partial charge is 0.497 e. The van der Waals surface area contributed by atoms with Crippen molar-refractivity contribution < 1.29 is 9.15 Å². The maximum Gasteiger partial charge on any atom is 0.119 e. The standard InChI is InChI=1S/C16H20BrNO2/c1-4-18-16(13-7-11(2)20-10-13)9-12-8-14(19-3)5-6-15(12)17/h5-8,10,16,18H,4,9H2,1-3H3. The molecular formula is C16H20BrNO2. The summed E-state index contributed by atoms with van der Waals surface area (Å²) in [7, 11) is 1.69. The smallest absolute Gasteiger partial charge is 0.119 e. The molecule has 1 heterocycles. The molecule has 108 valence electrons. The van der Waals surface area contributed by atoms with E-state index >= 15 is 0 Å². The normalized spacial score (nSPS) is 12.4. The van der Waals surface area contributed by atoms with Gasteiger partial charge in [0, 0.05) is 16.1 Å². The van der Waals surface area contributed by atoms with Crippen molar-refractivity contribution in [2.75, 3.05) is 13.7 Å². The van der Waals surface area contributed by atoms with Crippen molar-refractivity contribution in [1.82, 2.24) is 5.32 Å². The highest BCUT2D eigenvalue weighted by Gasteiger charge is 2.15. The summed E-state index contributed by atoms with van der Waals surface area (Å²) >= 11 is 3.61. The molecule has 3 nitrogen and oxygen atoms in total. The van der Waals surface area contributed by atoms with Crippen LogP contribution in [0.2, 0.25) is 0 Å². The summed E-state index contributed by atoms with van der Waals surface area (Å²) in [6.45, 7) is 4.99. The van der Waals surface area contributed by atoms with E-state index in [-0.39, 0.29) is 6.04 Å². The van der Waals surface area contributed by atoms with Gasteiger partial charge in [0.1, 0.15) is 11.5 Å². The fourth-order valence-electron chi connectivity index (χ4n) is 2.26. The van der Waals surface area contributed by atoms with Crippen molar-refractivity contribution >= 4 is 15.9 Å². The van der Waals surface area contributed by atoms with Gasteiger partial charge in [-0.05, 0) is 49.7 Å². The third-order valence-corrected chi connectivity index (χ3v) is 4.05. The molecule has 0 saturated heterocycles. The molecule has 0 fully saturated rings. The van der Waals surface area contributed by atoms with E-state index in [1.807, 2.05) is 25.3 Å². The topological polar surface area (TPSA) is 34.4 Å². The Labute approximate surface area is 128 Å². The lowest BCUT2D eigenvalue weighted by Crippen LogP contribution is -2.22. The van der Waals surface area contributed by atoms with Crippen LogP contribution in [-0.4, -0.2) is 13.7 Å². The van der Waals surface area contributed by atoms with Crippen molar-refractivity contribution in [3.63, 3.8) is 0 Å². The number of ether oxygens (including phenoxy) is 1. The maximum absolute atomic E-state index is 5.43. The van der Waals surface area contributed by atoms with E-state index in [1.54, 1.807) is 7.11 Å². The van der Waals surface area contributed by atoms with Crippen LogP contribution in [0, 0.1) is 6.92 Å². The summed E-state index contributed by atoms with van der Waals surface area (Å²) in [5.74, 6) is 1.81. The number of nitrogens with one attached hydrogen (secondary N) is 1. The van der Waals surface area contributed by atoms with Crippen molar-refractivity contribution in [1.29, 1.82) is 0 Å². The lowest BCUT2D eigenvalue weighted by atomic mass is 10.0. The molecule has 0 aliphatic heterocycles. The van der Waals surface area contributed by atoms with Crippen LogP contribution in [-0.2, 0) is 6.42 Å². The predicted octanol–water partition coefficient (Wildman–Crippen LogP) is 4.25. The molecule has 1 aromatic carbocycles. The minimum atomic E-state index is 0.237. The van der Waals surface area contributed by atoms with E-state index in [9.17, 15) is 0 Å². The van der Waals surface area contributed by atoms with Crippen LogP contribution in [0.25, 0.3) is 0 Å². The molecule has 0 aliphatic carbocycles. The highest BCUT2D eigenvalue weighted by atomic mass is 79.9. The van der Waals surface area contributed by atoms with Gasteiger partial charge in [-0.25, -0.2) is 0 Å². The Kier molecular flexibility index (Phi) is 5.26. The van der Waals surface area contributed by atoms with Gasteiger partial charge < -0.3 is 14.5 Å². The molecule has 2 rings (SSSR count). The number of rotatable bonds is 6. The summed E-state index contributed by atoms with van der Waals surface area (Å²) in [5.41, 5.74) is 2.40. The van der Waals surface area contributed by atoms with Gasteiger partial charge in [-0.1, -0.05) is 22.9 Å². The molecule has 0 saturated carbocycles. The van der Waals surface area contributed by atoms with E-state index in [4.69, 9.17) is 9.15 Å². The fourth-order valence-corrected chi connectivity index (χ4v) is 2.66. The first-order valence-electron chi connectivity index (χ1n) is 6.75. The number of furan rings is 1. The average Bonchev–Trinajstić information content (AvgIpc) is 2.87. The van der Waals surface area contributed by atoms with Crippen LogP contribution in [0.1, 0.15) is 29.9 Å². The van der Waals surface area contributed by atoms with Crippen molar-refractivity contribution in [2.24, 2.45) is 0 Å². The number of benzene rings is 1. The number of hydrogen-bond acceptors (Lipinski definition) is 3. The molecule has 1 unspecified atom stereocenters. The summed E-state index contributed by atoms with van der Waals surface area (Å²) in [6, 6.07) is 8.37. The van der Waals surface area contributed by atoms with E-state index in [0.29, 0.717) is 0 Å². The van der Waals surface area contributed by atoms with Gasteiger partial charge in [0.15, 0.2) is 0 Å². The molecule has 1 aromatic heterocycles.